The molecule has 16 heavy (non-hydrogen) atoms. The smallest absolute Gasteiger partial charge is 0.155 e. The Labute approximate surface area is 93.4 Å². The van der Waals surface area contributed by atoms with Gasteiger partial charge in [-0.3, -0.25) is 5.10 Å². The predicted molar refractivity (Wildman–Crippen MR) is 59.8 cm³/mol. The summed E-state index contributed by atoms with van der Waals surface area (Å²) in [5, 5.41) is 9.96. The topological polar surface area (TPSA) is 75.7 Å². The number of H-pyrrole nitrogens is 1. The van der Waals surface area contributed by atoms with Gasteiger partial charge >= 0.3 is 0 Å². The Kier molecular flexibility index (Phi) is 2.74. The molecule has 0 fully saturated rings. The summed E-state index contributed by atoms with van der Waals surface area (Å²) in [5.41, 5.74) is 2.16. The van der Waals surface area contributed by atoms with Crippen LogP contribution >= 0.6 is 0 Å². The predicted octanol–water partition coefficient (Wildman–Crippen LogP) is 1.18. The van der Waals surface area contributed by atoms with Crippen molar-refractivity contribution in [1.82, 2.24) is 15.4 Å². The van der Waals surface area contributed by atoms with Crippen LogP contribution in [-0.4, -0.2) is 23.8 Å². The normalized spacial score (nSPS) is 11.6. The van der Waals surface area contributed by atoms with Crippen molar-refractivity contribution in [2.75, 3.05) is 0 Å². The van der Waals surface area contributed by atoms with E-state index in [1.807, 2.05) is 12.1 Å². The summed E-state index contributed by atoms with van der Waals surface area (Å²) in [6, 6.07) is 7.18. The van der Waals surface area contributed by atoms with Gasteiger partial charge in [-0.1, -0.05) is 29.5 Å². The van der Waals surface area contributed by atoms with Crippen molar-refractivity contribution in [3.63, 3.8) is 0 Å². The lowest BCUT2D eigenvalue weighted by molar-refractivity contribution is 0.603. The monoisotopic (exact) mass is 236 g/mol. The highest BCUT2D eigenvalue weighted by Gasteiger charge is 2.11. The lowest BCUT2D eigenvalue weighted by Gasteiger charge is -2.05. The minimum atomic E-state index is -3.30. The Morgan fingerprint density at radius 1 is 1.31 bits per heavy atom. The highest BCUT2D eigenvalue weighted by atomic mass is 32.2. The largest absolute Gasteiger partial charge is 0.258 e. The summed E-state index contributed by atoms with van der Waals surface area (Å²) in [6.45, 7) is 0. The van der Waals surface area contributed by atoms with Crippen molar-refractivity contribution in [3.05, 3.63) is 42.3 Å². The van der Waals surface area contributed by atoms with Gasteiger partial charge in [0.15, 0.2) is 9.84 Å². The summed E-state index contributed by atoms with van der Waals surface area (Å²) in [5.74, 6) is -0.0950. The summed E-state index contributed by atoms with van der Waals surface area (Å²) in [4.78, 5) is 0. The van der Waals surface area contributed by atoms with Gasteiger partial charge in [0.2, 0.25) is 0 Å². The fourth-order valence-corrected chi connectivity index (χ4v) is 2.20. The molecule has 1 heterocycles. The lowest BCUT2D eigenvalue weighted by atomic mass is 10.1. The highest BCUT2D eigenvalue weighted by molar-refractivity contribution is 7.91. The van der Waals surface area contributed by atoms with E-state index in [0.29, 0.717) is 11.3 Å². The van der Waals surface area contributed by atoms with Crippen LogP contribution in [0.3, 0.4) is 0 Å². The number of sulfone groups is 1. The second kappa shape index (κ2) is 4.05. The zero-order chi connectivity index (χ0) is 11.6. The van der Waals surface area contributed by atoms with E-state index in [2.05, 4.69) is 21.7 Å². The molecule has 0 spiro atoms. The number of nitrogens with one attached hydrogen (secondary N) is 1. The van der Waals surface area contributed by atoms with Crippen molar-refractivity contribution in [1.29, 1.82) is 0 Å². The molecule has 2 rings (SSSR count). The number of benzene rings is 1. The first-order valence-electron chi connectivity index (χ1n) is 4.56. The van der Waals surface area contributed by atoms with Crippen LogP contribution in [0.2, 0.25) is 0 Å². The number of aromatic amines is 1. The first kappa shape index (κ1) is 10.8. The molecule has 0 aliphatic rings. The van der Waals surface area contributed by atoms with Crippen LogP contribution in [0, 0.1) is 6.26 Å². The van der Waals surface area contributed by atoms with Crippen molar-refractivity contribution >= 4 is 9.84 Å². The average molecular weight is 236 g/mol. The van der Waals surface area contributed by atoms with E-state index in [0.717, 1.165) is 5.56 Å². The molecule has 0 saturated heterocycles. The molecule has 0 atom stereocenters. The maximum atomic E-state index is 11.2. The Balaban J connectivity index is 2.47. The maximum Gasteiger partial charge on any atom is 0.155 e. The SMILES string of the molecule is [CH2]S(=O)(=O)Cc1ccccc1-c1cnn[nH]1. The zero-order valence-electron chi connectivity index (χ0n) is 8.42. The summed E-state index contributed by atoms with van der Waals surface area (Å²) in [6.07, 6.45) is 4.67. The van der Waals surface area contributed by atoms with E-state index in [9.17, 15) is 8.42 Å². The van der Waals surface area contributed by atoms with Gasteiger partial charge in [-0.2, -0.15) is 0 Å². The number of hydrogen-bond donors (Lipinski definition) is 1. The molecular weight excluding hydrogens is 226 g/mol. The van der Waals surface area contributed by atoms with Gasteiger partial charge < -0.3 is 0 Å². The second-order valence-corrected chi connectivity index (χ2v) is 5.19. The van der Waals surface area contributed by atoms with Crippen LogP contribution in [0.4, 0.5) is 0 Å². The van der Waals surface area contributed by atoms with E-state index in [4.69, 9.17) is 0 Å². The summed E-state index contributed by atoms with van der Waals surface area (Å²) < 4.78 is 22.3. The molecule has 0 bridgehead atoms. The van der Waals surface area contributed by atoms with Crippen molar-refractivity contribution < 1.29 is 8.42 Å². The van der Waals surface area contributed by atoms with Crippen LogP contribution in [-0.2, 0) is 15.6 Å². The molecule has 0 amide bonds. The quantitative estimate of drug-likeness (QED) is 0.868. The summed E-state index contributed by atoms with van der Waals surface area (Å²) >= 11 is 0. The number of hydrogen-bond acceptors (Lipinski definition) is 4. The first-order valence-corrected chi connectivity index (χ1v) is 6.38. The average Bonchev–Trinajstić information content (AvgIpc) is 2.69. The third kappa shape index (κ3) is 2.46. The standard InChI is InChI=1S/C10H10N3O2S/c1-16(14,15)7-8-4-2-3-5-9(8)10-6-11-13-12-10/h2-6H,1,7H2,(H,11,12,13). The van der Waals surface area contributed by atoms with Gasteiger partial charge in [0.25, 0.3) is 0 Å². The maximum absolute atomic E-state index is 11.2. The molecule has 83 valence electrons. The molecule has 1 aromatic heterocycles. The first-order chi connectivity index (χ1) is 7.56. The van der Waals surface area contributed by atoms with Gasteiger partial charge in [-0.15, -0.1) is 5.10 Å². The van der Waals surface area contributed by atoms with Gasteiger partial charge in [0.05, 0.1) is 23.9 Å². The van der Waals surface area contributed by atoms with Crippen molar-refractivity contribution in [3.8, 4) is 11.3 Å². The van der Waals surface area contributed by atoms with Crippen LogP contribution in [0.1, 0.15) is 5.56 Å². The molecule has 6 heteroatoms. The van der Waals surface area contributed by atoms with E-state index < -0.39 is 9.84 Å². The lowest BCUT2D eigenvalue weighted by Crippen LogP contribution is -2.00. The molecule has 5 nitrogen and oxygen atoms in total. The summed E-state index contributed by atoms with van der Waals surface area (Å²) in [7, 11) is -3.30. The Morgan fingerprint density at radius 3 is 2.69 bits per heavy atom. The number of rotatable bonds is 3. The van der Waals surface area contributed by atoms with E-state index >= 15 is 0 Å². The van der Waals surface area contributed by atoms with E-state index in [1.165, 1.54) is 0 Å². The molecule has 1 aromatic carbocycles. The molecule has 0 saturated carbocycles. The van der Waals surface area contributed by atoms with Crippen LogP contribution in [0.15, 0.2) is 30.5 Å². The third-order valence-electron chi connectivity index (χ3n) is 2.10. The molecule has 0 aliphatic heterocycles. The van der Waals surface area contributed by atoms with Crippen molar-refractivity contribution in [2.24, 2.45) is 0 Å². The Hall–Kier alpha value is -1.69. The van der Waals surface area contributed by atoms with Crippen LogP contribution < -0.4 is 0 Å². The van der Waals surface area contributed by atoms with Gasteiger partial charge in [0.1, 0.15) is 0 Å². The second-order valence-electron chi connectivity index (χ2n) is 3.42. The minimum absolute atomic E-state index is 0.0950. The zero-order valence-corrected chi connectivity index (χ0v) is 9.24. The Bertz CT molecular complexity index is 576. The van der Waals surface area contributed by atoms with E-state index in [1.54, 1.807) is 18.3 Å². The van der Waals surface area contributed by atoms with Crippen LogP contribution in [0.5, 0.6) is 0 Å². The Morgan fingerprint density at radius 2 is 2.06 bits per heavy atom. The van der Waals surface area contributed by atoms with Crippen molar-refractivity contribution in [2.45, 2.75) is 5.75 Å². The van der Waals surface area contributed by atoms with Gasteiger partial charge in [0, 0.05) is 5.56 Å². The molecular formula is C10H10N3O2S. The number of nitrogens with zero attached hydrogens (tertiary/aromatic N) is 2. The van der Waals surface area contributed by atoms with Gasteiger partial charge in [-0.25, -0.2) is 8.42 Å². The minimum Gasteiger partial charge on any atom is -0.258 e. The van der Waals surface area contributed by atoms with Gasteiger partial charge in [-0.05, 0) is 5.56 Å². The highest BCUT2D eigenvalue weighted by Crippen LogP contribution is 2.22. The fraction of sp³-hybridized carbons (Fsp3) is 0.100. The fourth-order valence-electron chi connectivity index (χ4n) is 1.47. The van der Waals surface area contributed by atoms with E-state index in [-0.39, 0.29) is 5.75 Å². The molecule has 2 aromatic rings. The molecule has 0 aliphatic carbocycles. The molecule has 1 radical (unpaired) electrons. The molecule has 0 unspecified atom stereocenters. The number of aromatic nitrogens is 3. The molecule has 1 N–H and O–H groups in total. The third-order valence-corrected chi connectivity index (χ3v) is 2.85. The van der Waals surface area contributed by atoms with Crippen LogP contribution in [0.25, 0.3) is 11.3 Å².